The fourth-order valence-electron chi connectivity index (χ4n) is 3.79. The summed E-state index contributed by atoms with van der Waals surface area (Å²) in [5, 5.41) is 5.24. The van der Waals surface area contributed by atoms with E-state index in [1.807, 2.05) is 54.6 Å². The van der Waals surface area contributed by atoms with Gasteiger partial charge >= 0.3 is 0 Å². The third kappa shape index (κ3) is 4.49. The van der Waals surface area contributed by atoms with Crippen molar-refractivity contribution in [3.05, 3.63) is 122 Å². The summed E-state index contributed by atoms with van der Waals surface area (Å²) in [7, 11) is 0. The summed E-state index contributed by atoms with van der Waals surface area (Å²) in [6, 6.07) is 22.8. The topological polar surface area (TPSA) is 60.9 Å². The second kappa shape index (κ2) is 9.47. The third-order valence-electron chi connectivity index (χ3n) is 5.55. The number of aromatic nitrogens is 2. The molecule has 6 heteroatoms. The van der Waals surface area contributed by atoms with Crippen molar-refractivity contribution in [1.82, 2.24) is 9.78 Å². The summed E-state index contributed by atoms with van der Waals surface area (Å²) in [6.07, 6.45) is 0.411. The van der Waals surface area contributed by atoms with Crippen molar-refractivity contribution >= 4 is 11.6 Å². The second-order valence-electron chi connectivity index (χ2n) is 7.70. The summed E-state index contributed by atoms with van der Waals surface area (Å²) in [6.45, 7) is 1.96. The van der Waals surface area contributed by atoms with Crippen molar-refractivity contribution in [1.29, 1.82) is 0 Å². The van der Waals surface area contributed by atoms with E-state index < -0.39 is 11.9 Å². The molecule has 4 aromatic rings. The van der Waals surface area contributed by atoms with Crippen molar-refractivity contribution in [2.24, 2.45) is 5.73 Å². The summed E-state index contributed by atoms with van der Waals surface area (Å²) < 4.78 is 16.0. The molecule has 0 spiro atoms. The predicted octanol–water partition coefficient (Wildman–Crippen LogP) is 5.30. The molecule has 0 radical (unpaired) electrons. The predicted molar refractivity (Wildman–Crippen MR) is 126 cm³/mol. The average molecular weight is 448 g/mol. The Labute approximate surface area is 191 Å². The largest absolute Gasteiger partial charge is 0.322 e. The van der Waals surface area contributed by atoms with Crippen LogP contribution >= 0.6 is 11.6 Å². The van der Waals surface area contributed by atoms with Crippen molar-refractivity contribution in [3.63, 3.8) is 0 Å². The highest BCUT2D eigenvalue weighted by Crippen LogP contribution is 2.27. The Morgan fingerprint density at radius 3 is 2.38 bits per heavy atom. The van der Waals surface area contributed by atoms with Gasteiger partial charge in [0.15, 0.2) is 0 Å². The lowest BCUT2D eigenvalue weighted by atomic mass is 9.97. The van der Waals surface area contributed by atoms with E-state index >= 15 is 0 Å². The normalized spacial score (nSPS) is 12.0. The van der Waals surface area contributed by atoms with E-state index in [-0.39, 0.29) is 17.7 Å². The number of hydrogen-bond acceptors (Lipinski definition) is 3. The minimum Gasteiger partial charge on any atom is -0.322 e. The Kier molecular flexibility index (Phi) is 6.49. The average Bonchev–Trinajstić information content (AvgIpc) is 2.80. The van der Waals surface area contributed by atoms with Crippen LogP contribution < -0.4 is 11.3 Å². The first kappa shape index (κ1) is 21.9. The van der Waals surface area contributed by atoms with Gasteiger partial charge < -0.3 is 5.73 Å². The van der Waals surface area contributed by atoms with Crippen molar-refractivity contribution < 1.29 is 4.39 Å². The molecule has 0 aliphatic rings. The van der Waals surface area contributed by atoms with Crippen molar-refractivity contribution in [2.45, 2.75) is 25.9 Å². The fourth-order valence-corrected chi connectivity index (χ4v) is 3.99. The molecular weight excluding hydrogens is 425 g/mol. The molecule has 0 aliphatic carbocycles. The molecule has 4 nitrogen and oxygen atoms in total. The molecule has 0 aliphatic heterocycles. The van der Waals surface area contributed by atoms with E-state index in [4.69, 9.17) is 17.3 Å². The first-order valence-electron chi connectivity index (χ1n) is 10.3. The van der Waals surface area contributed by atoms with E-state index in [1.54, 1.807) is 25.1 Å². The number of nitrogens with two attached hydrogens (primary N) is 1. The second-order valence-corrected chi connectivity index (χ2v) is 8.11. The summed E-state index contributed by atoms with van der Waals surface area (Å²) >= 11 is 6.37. The first-order chi connectivity index (χ1) is 15.5. The van der Waals surface area contributed by atoms with Gasteiger partial charge in [-0.1, -0.05) is 78.3 Å². The number of halogens is 2. The first-order valence-corrected chi connectivity index (χ1v) is 10.7. The zero-order valence-corrected chi connectivity index (χ0v) is 18.4. The number of hydrogen-bond donors (Lipinski definition) is 1. The van der Waals surface area contributed by atoms with Crippen molar-refractivity contribution in [3.8, 4) is 11.1 Å². The number of nitrogens with zero attached hydrogens (tertiary/aromatic N) is 2. The lowest BCUT2D eigenvalue weighted by Crippen LogP contribution is -2.32. The van der Waals surface area contributed by atoms with Gasteiger partial charge in [-0.2, -0.15) is 5.10 Å². The molecule has 0 saturated carbocycles. The standard InChI is InChI=1S/C26H23ClFN3O/c1-17-24(15-19-11-5-7-13-21(19)27)30-31(16-23(29)18-9-3-2-4-10-18)26(32)25(17)20-12-6-8-14-22(20)28/h2-14,23H,15-16,29H2,1H3. The smallest absolute Gasteiger partial charge is 0.275 e. The van der Waals surface area contributed by atoms with Crippen LogP contribution in [-0.2, 0) is 13.0 Å². The molecule has 2 N–H and O–H groups in total. The van der Waals surface area contributed by atoms with Crippen molar-refractivity contribution in [2.75, 3.05) is 0 Å². The molecule has 1 heterocycles. The molecule has 1 atom stereocenters. The van der Waals surface area contributed by atoms with Crippen LogP contribution in [0.3, 0.4) is 0 Å². The summed E-state index contributed by atoms with van der Waals surface area (Å²) in [5.74, 6) is -0.457. The van der Waals surface area contributed by atoms with Gasteiger partial charge in [-0.3, -0.25) is 4.79 Å². The van der Waals surface area contributed by atoms with E-state index in [0.29, 0.717) is 28.3 Å². The summed E-state index contributed by atoms with van der Waals surface area (Å²) in [5.41, 5.74) is 9.60. The minimum atomic E-state index is -0.457. The SMILES string of the molecule is Cc1c(Cc2ccccc2Cl)nn(CC(N)c2ccccc2)c(=O)c1-c1ccccc1F. The molecular formula is C26H23ClFN3O. The minimum absolute atomic E-state index is 0.167. The molecule has 1 aromatic heterocycles. The number of benzene rings is 3. The number of rotatable bonds is 6. The Bertz CT molecular complexity index is 1300. The molecule has 4 rings (SSSR count). The Balaban J connectivity index is 1.85. The summed E-state index contributed by atoms with van der Waals surface area (Å²) in [4.78, 5) is 13.4. The van der Waals surface area contributed by atoms with Crippen LogP contribution in [0, 0.1) is 12.7 Å². The molecule has 0 fully saturated rings. The zero-order valence-electron chi connectivity index (χ0n) is 17.6. The van der Waals surface area contributed by atoms with Crippen LogP contribution in [-0.4, -0.2) is 9.78 Å². The van der Waals surface area contributed by atoms with Gasteiger partial charge in [0.25, 0.3) is 5.56 Å². The van der Waals surface area contributed by atoms with Gasteiger partial charge in [0, 0.05) is 23.0 Å². The van der Waals surface area contributed by atoms with Gasteiger partial charge in [-0.25, -0.2) is 9.07 Å². The third-order valence-corrected chi connectivity index (χ3v) is 5.92. The molecule has 162 valence electrons. The lowest BCUT2D eigenvalue weighted by molar-refractivity contribution is 0.497. The lowest BCUT2D eigenvalue weighted by Gasteiger charge is -2.18. The Morgan fingerprint density at radius 1 is 1.00 bits per heavy atom. The quantitative estimate of drug-likeness (QED) is 0.436. The highest BCUT2D eigenvalue weighted by atomic mass is 35.5. The van der Waals surface area contributed by atoms with Gasteiger partial charge in [-0.05, 0) is 35.7 Å². The van der Waals surface area contributed by atoms with E-state index in [1.165, 1.54) is 10.7 Å². The maximum atomic E-state index is 14.7. The maximum absolute atomic E-state index is 14.7. The molecule has 0 bridgehead atoms. The molecule has 0 amide bonds. The molecule has 32 heavy (non-hydrogen) atoms. The van der Waals surface area contributed by atoms with Crippen LogP contribution in [0.2, 0.25) is 5.02 Å². The van der Waals surface area contributed by atoms with Gasteiger partial charge in [0.05, 0.1) is 17.8 Å². The van der Waals surface area contributed by atoms with Crippen LogP contribution in [0.4, 0.5) is 4.39 Å². The van der Waals surface area contributed by atoms with Crippen LogP contribution in [0.15, 0.2) is 83.7 Å². The van der Waals surface area contributed by atoms with E-state index in [9.17, 15) is 9.18 Å². The Hall–Kier alpha value is -3.28. The maximum Gasteiger partial charge on any atom is 0.275 e. The molecule has 0 saturated heterocycles. The van der Waals surface area contributed by atoms with Gasteiger partial charge in [0.2, 0.25) is 0 Å². The van der Waals surface area contributed by atoms with E-state index in [2.05, 4.69) is 5.10 Å². The van der Waals surface area contributed by atoms with Crippen LogP contribution in [0.25, 0.3) is 11.1 Å². The zero-order chi connectivity index (χ0) is 22.7. The highest BCUT2D eigenvalue weighted by molar-refractivity contribution is 6.31. The molecule has 3 aromatic carbocycles. The van der Waals surface area contributed by atoms with Gasteiger partial charge in [-0.15, -0.1) is 0 Å². The van der Waals surface area contributed by atoms with Gasteiger partial charge in [0.1, 0.15) is 5.82 Å². The monoisotopic (exact) mass is 447 g/mol. The highest BCUT2D eigenvalue weighted by Gasteiger charge is 2.20. The fraction of sp³-hybridized carbons (Fsp3) is 0.154. The molecule has 1 unspecified atom stereocenters. The van der Waals surface area contributed by atoms with Crippen LogP contribution in [0.1, 0.15) is 28.4 Å². The van der Waals surface area contributed by atoms with E-state index in [0.717, 1.165) is 11.1 Å². The Morgan fingerprint density at radius 2 is 1.66 bits per heavy atom. The van der Waals surface area contributed by atoms with Crippen LogP contribution in [0.5, 0.6) is 0 Å².